The third-order valence-electron chi connectivity index (χ3n) is 11.2. The van der Waals surface area contributed by atoms with Gasteiger partial charge in [-0.3, -0.25) is 0 Å². The van der Waals surface area contributed by atoms with Crippen LogP contribution in [0.2, 0.25) is 0 Å². The van der Waals surface area contributed by atoms with Gasteiger partial charge in [-0.1, -0.05) is 139 Å². The molecule has 9 aromatic carbocycles. The van der Waals surface area contributed by atoms with Gasteiger partial charge in [0.25, 0.3) is 0 Å². The normalized spacial score (nSPS) is 13.6. The third-order valence-corrected chi connectivity index (χ3v) is 12.3. The molecule has 0 amide bonds. The van der Waals surface area contributed by atoms with Crippen LogP contribution in [0.5, 0.6) is 0 Å². The molecule has 3 aromatic heterocycles. The molecule has 12 rings (SSSR count). The molecule has 3 heteroatoms. The molecule has 2 nitrogen and oxygen atoms in total. The van der Waals surface area contributed by atoms with Crippen LogP contribution in [0, 0.1) is 0 Å². The van der Waals surface area contributed by atoms with Gasteiger partial charge in [-0.15, -0.1) is 11.3 Å². The molecule has 0 spiro atoms. The minimum atomic E-state index is -0.418. The average molecular weight is 750 g/mol. The van der Waals surface area contributed by atoms with Crippen molar-refractivity contribution in [1.29, 1.82) is 0 Å². The van der Waals surface area contributed by atoms with E-state index in [1.165, 1.54) is 0 Å². The summed E-state index contributed by atoms with van der Waals surface area (Å²) in [6, 6.07) is 53.5. The van der Waals surface area contributed by atoms with Gasteiger partial charge in [0, 0.05) is 47.4 Å². The van der Waals surface area contributed by atoms with Gasteiger partial charge in [0.05, 0.1) is 37.3 Å². The summed E-state index contributed by atoms with van der Waals surface area (Å²) in [6.07, 6.45) is 0. The summed E-state index contributed by atoms with van der Waals surface area (Å²) in [7, 11) is 0. The predicted octanol–water partition coefficient (Wildman–Crippen LogP) is 15.2. The number of nitrogens with zero attached hydrogens (tertiary/aromatic N) is 2. The molecule has 0 atom stereocenters. The number of para-hydroxylation sites is 1. The summed E-state index contributed by atoms with van der Waals surface area (Å²) in [5, 5.41) is 4.11. The van der Waals surface area contributed by atoms with Gasteiger partial charge in [0.1, 0.15) is 0 Å². The second-order valence-corrected chi connectivity index (χ2v) is 15.4. The van der Waals surface area contributed by atoms with Crippen LogP contribution in [0.25, 0.3) is 109 Å². The number of rotatable bonds is 5. The molecular formula is C54H34N2S. The molecule has 0 aliphatic carbocycles. The molecule has 12 aromatic rings. The SMILES string of the molecule is [2H]c1c([2H])c([2H])c2c(c1[2H])c1c([2H])c(-c3ccc4c(c3)c3ccc(-c5ccccc5)cc3n4-c3ccc(-c4ccccc4)cc3)c([2H])c([2H])c1n2-c1cccc2sc3ccccc3c12. The van der Waals surface area contributed by atoms with E-state index >= 15 is 0 Å². The van der Waals surface area contributed by atoms with Crippen LogP contribution in [-0.4, -0.2) is 9.13 Å². The van der Waals surface area contributed by atoms with E-state index in [9.17, 15) is 6.85 Å². The maximum absolute atomic E-state index is 9.98. The fourth-order valence-electron chi connectivity index (χ4n) is 8.54. The van der Waals surface area contributed by atoms with Crippen molar-refractivity contribution in [2.75, 3.05) is 0 Å². The molecule has 0 N–H and O–H groups in total. The first-order valence-corrected chi connectivity index (χ1v) is 19.8. The minimum absolute atomic E-state index is 0.0712. The van der Waals surface area contributed by atoms with E-state index in [2.05, 4.69) is 71.3 Å². The second-order valence-electron chi connectivity index (χ2n) is 14.4. The maximum atomic E-state index is 9.98. The molecule has 57 heavy (non-hydrogen) atoms. The zero-order valence-corrected chi connectivity index (χ0v) is 31.2. The van der Waals surface area contributed by atoms with Crippen molar-refractivity contribution in [2.24, 2.45) is 0 Å². The van der Waals surface area contributed by atoms with Crippen LogP contribution >= 0.6 is 11.3 Å². The lowest BCUT2D eigenvalue weighted by molar-refractivity contribution is 1.18. The standard InChI is InChI=1S/C54H34N2S/c1-3-12-35(13-4-1)37-22-27-41(28-23-37)55-48-30-25-38(33-46(48)43-29-24-40(34-51(43)55)36-14-5-2-6-15-36)39-26-31-49-45(32-39)42-16-7-9-18-47(42)56(49)50-19-11-21-53-54(50)44-17-8-10-20-52(44)57-53/h1-34H/i7D,9D,16D,18D,26D,31D,32D. The smallest absolute Gasteiger partial charge is 0.0645 e. The molecule has 0 fully saturated rings. The van der Waals surface area contributed by atoms with Crippen molar-refractivity contribution in [3.05, 3.63) is 206 Å². The summed E-state index contributed by atoms with van der Waals surface area (Å²) >= 11 is 1.62. The van der Waals surface area contributed by atoms with Crippen molar-refractivity contribution in [1.82, 2.24) is 9.13 Å². The van der Waals surface area contributed by atoms with Gasteiger partial charge in [0.2, 0.25) is 0 Å². The van der Waals surface area contributed by atoms with Gasteiger partial charge in [-0.05, 0) is 100 Å². The first kappa shape index (κ1) is 25.8. The average Bonchev–Trinajstić information content (AvgIpc) is 4.01. The zero-order chi connectivity index (χ0) is 43.5. The summed E-state index contributed by atoms with van der Waals surface area (Å²) in [5.74, 6) is 0. The Balaban J connectivity index is 1.13. The van der Waals surface area contributed by atoms with Crippen LogP contribution in [0.3, 0.4) is 0 Å². The van der Waals surface area contributed by atoms with E-state index in [1.54, 1.807) is 15.9 Å². The Kier molecular flexibility index (Phi) is 5.74. The highest BCUT2D eigenvalue weighted by atomic mass is 32.1. The third kappa shape index (κ3) is 5.03. The maximum Gasteiger partial charge on any atom is 0.0645 e. The molecule has 0 aliphatic heterocycles. The van der Waals surface area contributed by atoms with E-state index in [0.29, 0.717) is 11.3 Å². The molecule has 0 aliphatic rings. The highest BCUT2D eigenvalue weighted by Gasteiger charge is 2.19. The number of thiophene rings is 1. The van der Waals surface area contributed by atoms with Gasteiger partial charge in [-0.25, -0.2) is 0 Å². The molecule has 0 bridgehead atoms. The Bertz CT molecular complexity index is 3910. The Hall–Kier alpha value is -7.20. The lowest BCUT2D eigenvalue weighted by atomic mass is 9.99. The van der Waals surface area contributed by atoms with Crippen LogP contribution in [0.15, 0.2) is 206 Å². The Morgan fingerprint density at radius 2 is 1.04 bits per heavy atom. The van der Waals surface area contributed by atoms with Crippen molar-refractivity contribution < 1.29 is 9.60 Å². The van der Waals surface area contributed by atoms with E-state index in [1.807, 2.05) is 97.1 Å². The lowest BCUT2D eigenvalue weighted by Gasteiger charge is -2.11. The molecule has 0 saturated heterocycles. The molecular weight excluding hydrogens is 709 g/mol. The predicted molar refractivity (Wildman–Crippen MR) is 244 cm³/mol. The molecule has 0 unspecified atom stereocenters. The van der Waals surface area contributed by atoms with Crippen LogP contribution in [-0.2, 0) is 0 Å². The lowest BCUT2D eigenvalue weighted by Crippen LogP contribution is -1.94. The first-order valence-electron chi connectivity index (χ1n) is 22.4. The van der Waals surface area contributed by atoms with Crippen LogP contribution in [0.1, 0.15) is 9.60 Å². The Morgan fingerprint density at radius 1 is 0.368 bits per heavy atom. The molecule has 3 heterocycles. The van der Waals surface area contributed by atoms with Crippen molar-refractivity contribution in [2.45, 2.75) is 0 Å². The molecule has 0 radical (unpaired) electrons. The summed E-state index contributed by atoms with van der Waals surface area (Å²) in [5.41, 5.74) is 9.09. The number of benzene rings is 9. The number of hydrogen-bond donors (Lipinski definition) is 0. The van der Waals surface area contributed by atoms with Gasteiger partial charge in [0.15, 0.2) is 0 Å². The fourth-order valence-corrected chi connectivity index (χ4v) is 9.67. The largest absolute Gasteiger partial charge is 0.309 e. The van der Waals surface area contributed by atoms with Gasteiger partial charge in [-0.2, -0.15) is 0 Å². The quantitative estimate of drug-likeness (QED) is 0.166. The Morgan fingerprint density at radius 3 is 1.88 bits per heavy atom. The summed E-state index contributed by atoms with van der Waals surface area (Å²) in [6.45, 7) is 0. The van der Waals surface area contributed by atoms with E-state index in [-0.39, 0.29) is 57.6 Å². The topological polar surface area (TPSA) is 9.86 Å². The summed E-state index contributed by atoms with van der Waals surface area (Å²) in [4.78, 5) is 0. The number of aromatic nitrogens is 2. The number of fused-ring (bicyclic) bond motifs is 9. The highest BCUT2D eigenvalue weighted by molar-refractivity contribution is 7.25. The monoisotopic (exact) mass is 749 g/mol. The van der Waals surface area contributed by atoms with E-state index in [0.717, 1.165) is 69.9 Å². The fraction of sp³-hybridized carbons (Fsp3) is 0. The number of hydrogen-bond acceptors (Lipinski definition) is 1. The second kappa shape index (κ2) is 12.7. The highest BCUT2D eigenvalue weighted by Crippen LogP contribution is 2.43. The van der Waals surface area contributed by atoms with E-state index < -0.39 is 12.1 Å². The van der Waals surface area contributed by atoms with Crippen LogP contribution in [0.4, 0.5) is 0 Å². The molecule has 266 valence electrons. The van der Waals surface area contributed by atoms with Crippen LogP contribution < -0.4 is 0 Å². The first-order chi connectivity index (χ1) is 31.2. The zero-order valence-electron chi connectivity index (χ0n) is 37.4. The van der Waals surface area contributed by atoms with Crippen molar-refractivity contribution >= 4 is 75.1 Å². The Labute approximate surface area is 343 Å². The van der Waals surface area contributed by atoms with Gasteiger partial charge < -0.3 is 9.13 Å². The van der Waals surface area contributed by atoms with Gasteiger partial charge >= 0.3 is 0 Å². The minimum Gasteiger partial charge on any atom is -0.309 e. The molecule has 0 saturated carbocycles. The van der Waals surface area contributed by atoms with Crippen molar-refractivity contribution in [3.8, 4) is 44.8 Å². The summed E-state index contributed by atoms with van der Waals surface area (Å²) < 4.78 is 71.5. The van der Waals surface area contributed by atoms with E-state index in [4.69, 9.17) is 2.74 Å². The van der Waals surface area contributed by atoms with Crippen molar-refractivity contribution in [3.63, 3.8) is 0 Å².